The van der Waals surface area contributed by atoms with Gasteiger partial charge in [0.2, 0.25) is 5.95 Å². The molecule has 0 amide bonds. The van der Waals surface area contributed by atoms with Crippen LogP contribution in [0.3, 0.4) is 0 Å². The maximum absolute atomic E-state index is 12.4. The number of nitrogens with one attached hydrogen (secondary N) is 1. The van der Waals surface area contributed by atoms with Gasteiger partial charge in [-0.2, -0.15) is 9.97 Å². The molecule has 2 rings (SSSR count). The highest BCUT2D eigenvalue weighted by molar-refractivity contribution is 7.92. The monoisotopic (exact) mass is 321 g/mol. The second-order valence-electron chi connectivity index (χ2n) is 4.82. The first-order valence-electron chi connectivity index (χ1n) is 6.93. The normalized spacial score (nSPS) is 11.3. The topological polar surface area (TPSA) is 124 Å². The van der Waals surface area contributed by atoms with Crippen LogP contribution in [-0.4, -0.2) is 18.4 Å². The number of benzene rings is 1. The third-order valence-corrected chi connectivity index (χ3v) is 4.48. The molecule has 0 unspecified atom stereocenters. The van der Waals surface area contributed by atoms with Gasteiger partial charge in [0.1, 0.15) is 5.82 Å². The van der Waals surface area contributed by atoms with Gasteiger partial charge in [-0.05, 0) is 25.0 Å². The Kier molecular flexibility index (Phi) is 4.81. The minimum Gasteiger partial charge on any atom is -0.383 e. The quantitative estimate of drug-likeness (QED) is 0.745. The third kappa shape index (κ3) is 3.64. The highest BCUT2D eigenvalue weighted by Crippen LogP contribution is 2.24. The molecule has 0 spiro atoms. The summed E-state index contributed by atoms with van der Waals surface area (Å²) in [5, 5.41) is 0. The van der Waals surface area contributed by atoms with Crippen LogP contribution in [0.15, 0.2) is 35.2 Å². The molecule has 0 saturated carbocycles. The van der Waals surface area contributed by atoms with Crippen molar-refractivity contribution in [2.75, 3.05) is 16.2 Å². The number of nitrogens with two attached hydrogens (primary N) is 2. The molecule has 0 bridgehead atoms. The van der Waals surface area contributed by atoms with Gasteiger partial charge >= 0.3 is 0 Å². The number of nitrogens with zero attached hydrogens (tertiary/aromatic N) is 2. The van der Waals surface area contributed by atoms with Crippen LogP contribution in [0.25, 0.3) is 0 Å². The van der Waals surface area contributed by atoms with E-state index in [1.807, 2.05) is 6.92 Å². The van der Waals surface area contributed by atoms with E-state index >= 15 is 0 Å². The lowest BCUT2D eigenvalue weighted by Gasteiger charge is -2.13. The molecule has 5 N–H and O–H groups in total. The van der Waals surface area contributed by atoms with Crippen molar-refractivity contribution in [2.24, 2.45) is 0 Å². The van der Waals surface area contributed by atoms with Gasteiger partial charge in [-0.25, -0.2) is 8.42 Å². The number of hydrogen-bond donors (Lipinski definition) is 3. The molecule has 0 atom stereocenters. The van der Waals surface area contributed by atoms with Crippen LogP contribution in [0.1, 0.15) is 25.3 Å². The van der Waals surface area contributed by atoms with Gasteiger partial charge in [-0.15, -0.1) is 0 Å². The largest absolute Gasteiger partial charge is 0.383 e. The summed E-state index contributed by atoms with van der Waals surface area (Å²) in [5.74, 6) is 0.275. The van der Waals surface area contributed by atoms with Crippen LogP contribution in [0.2, 0.25) is 0 Å². The highest BCUT2D eigenvalue weighted by Gasteiger charge is 2.19. The number of aromatic nitrogens is 2. The van der Waals surface area contributed by atoms with E-state index < -0.39 is 10.0 Å². The Bertz CT molecular complexity index is 747. The molecule has 0 aliphatic rings. The smallest absolute Gasteiger partial charge is 0.263 e. The molecule has 0 aliphatic heterocycles. The van der Waals surface area contributed by atoms with Crippen LogP contribution < -0.4 is 16.2 Å². The van der Waals surface area contributed by atoms with E-state index in [-0.39, 0.29) is 22.5 Å². The summed E-state index contributed by atoms with van der Waals surface area (Å²) in [5.41, 5.74) is 12.0. The first-order valence-corrected chi connectivity index (χ1v) is 8.42. The van der Waals surface area contributed by atoms with Gasteiger partial charge in [0.15, 0.2) is 5.82 Å². The first-order chi connectivity index (χ1) is 10.4. The van der Waals surface area contributed by atoms with Crippen LogP contribution in [0, 0.1) is 0 Å². The Labute approximate surface area is 129 Å². The van der Waals surface area contributed by atoms with E-state index in [1.165, 1.54) is 12.1 Å². The maximum atomic E-state index is 12.4. The van der Waals surface area contributed by atoms with Gasteiger partial charge in [0, 0.05) is 5.56 Å². The van der Waals surface area contributed by atoms with Crippen molar-refractivity contribution in [1.29, 1.82) is 0 Å². The lowest BCUT2D eigenvalue weighted by molar-refractivity contribution is 0.601. The number of nitrogen functional groups attached to an aromatic ring is 2. The Morgan fingerprint density at radius 3 is 2.45 bits per heavy atom. The van der Waals surface area contributed by atoms with Crippen LogP contribution in [0.5, 0.6) is 0 Å². The van der Waals surface area contributed by atoms with E-state index in [0.717, 1.165) is 12.8 Å². The van der Waals surface area contributed by atoms with Crippen molar-refractivity contribution in [3.05, 3.63) is 35.9 Å². The minimum absolute atomic E-state index is 0.0662. The predicted molar refractivity (Wildman–Crippen MR) is 86.7 cm³/mol. The van der Waals surface area contributed by atoms with Crippen molar-refractivity contribution in [2.45, 2.75) is 31.1 Å². The van der Waals surface area contributed by atoms with Gasteiger partial charge in [0.05, 0.1) is 4.90 Å². The number of sulfonamides is 1. The molecule has 2 aromatic rings. The molecule has 0 radical (unpaired) electrons. The molecular weight excluding hydrogens is 302 g/mol. The third-order valence-electron chi connectivity index (χ3n) is 3.12. The molecule has 0 fully saturated rings. The van der Waals surface area contributed by atoms with E-state index in [2.05, 4.69) is 14.7 Å². The Morgan fingerprint density at radius 2 is 1.82 bits per heavy atom. The molecule has 0 aliphatic carbocycles. The minimum atomic E-state index is -3.75. The van der Waals surface area contributed by atoms with Gasteiger partial charge in [-0.3, -0.25) is 4.72 Å². The molecule has 8 heteroatoms. The van der Waals surface area contributed by atoms with E-state index in [9.17, 15) is 8.42 Å². The Morgan fingerprint density at radius 1 is 1.14 bits per heavy atom. The average Bonchev–Trinajstić information content (AvgIpc) is 2.47. The Hall–Kier alpha value is -2.35. The zero-order valence-corrected chi connectivity index (χ0v) is 13.1. The zero-order chi connectivity index (χ0) is 16.2. The number of hydrogen-bond acceptors (Lipinski definition) is 6. The second-order valence-corrected chi connectivity index (χ2v) is 6.50. The van der Waals surface area contributed by atoms with E-state index in [1.54, 1.807) is 18.2 Å². The van der Waals surface area contributed by atoms with Crippen LogP contribution >= 0.6 is 0 Å². The summed E-state index contributed by atoms with van der Waals surface area (Å²) in [4.78, 5) is 8.04. The predicted octanol–water partition coefficient (Wildman–Crippen LogP) is 1.78. The molecule has 0 saturated heterocycles. The summed E-state index contributed by atoms with van der Waals surface area (Å²) in [6, 6.07) is 8.04. The fraction of sp³-hybridized carbons (Fsp3) is 0.286. The number of unbranched alkanes of at least 4 members (excludes halogenated alkanes) is 1. The molecule has 22 heavy (non-hydrogen) atoms. The number of rotatable bonds is 6. The van der Waals surface area contributed by atoms with Gasteiger partial charge in [-0.1, -0.05) is 31.5 Å². The van der Waals surface area contributed by atoms with Crippen molar-refractivity contribution < 1.29 is 8.42 Å². The van der Waals surface area contributed by atoms with E-state index in [4.69, 9.17) is 11.5 Å². The standard InChI is InChI=1S/C14H19N5O2S/c1-2-3-9-11-12(15)17-14(16)18-13(11)19-22(20,21)10-7-5-4-6-8-10/h4-8H,2-3,9H2,1H3,(H5,15,16,17,18,19). The van der Waals surface area contributed by atoms with Crippen LogP contribution in [0.4, 0.5) is 17.6 Å². The Balaban J connectivity index is 2.40. The summed E-state index contributed by atoms with van der Waals surface area (Å²) in [6.45, 7) is 2.03. The van der Waals surface area contributed by atoms with E-state index in [0.29, 0.717) is 12.0 Å². The second kappa shape index (κ2) is 6.61. The van der Waals surface area contributed by atoms with Crippen molar-refractivity contribution in [1.82, 2.24) is 9.97 Å². The zero-order valence-electron chi connectivity index (χ0n) is 12.3. The van der Waals surface area contributed by atoms with Crippen molar-refractivity contribution in [3.63, 3.8) is 0 Å². The maximum Gasteiger partial charge on any atom is 0.263 e. The average molecular weight is 321 g/mol. The lowest BCUT2D eigenvalue weighted by atomic mass is 10.1. The highest BCUT2D eigenvalue weighted by atomic mass is 32.2. The van der Waals surface area contributed by atoms with Gasteiger partial charge in [0.25, 0.3) is 10.0 Å². The summed E-state index contributed by atoms with van der Waals surface area (Å²) in [6.07, 6.45) is 2.36. The molecule has 1 aromatic carbocycles. The number of anilines is 3. The molecule has 118 valence electrons. The fourth-order valence-electron chi connectivity index (χ4n) is 1.99. The van der Waals surface area contributed by atoms with Gasteiger partial charge < -0.3 is 11.5 Å². The molecule has 1 heterocycles. The molecule has 7 nitrogen and oxygen atoms in total. The van der Waals surface area contributed by atoms with Crippen molar-refractivity contribution >= 4 is 27.6 Å². The molecule has 1 aromatic heterocycles. The molecular formula is C14H19N5O2S. The summed E-state index contributed by atoms with van der Waals surface area (Å²) in [7, 11) is -3.75. The van der Waals surface area contributed by atoms with Crippen LogP contribution in [-0.2, 0) is 16.4 Å². The lowest BCUT2D eigenvalue weighted by Crippen LogP contribution is -2.17. The summed E-state index contributed by atoms with van der Waals surface area (Å²) < 4.78 is 27.2. The summed E-state index contributed by atoms with van der Waals surface area (Å²) >= 11 is 0. The SMILES string of the molecule is CCCCc1c(N)nc(N)nc1NS(=O)(=O)c1ccccc1. The first kappa shape index (κ1) is 16.0. The fourth-order valence-corrected chi connectivity index (χ4v) is 3.05. The van der Waals surface area contributed by atoms with Crippen molar-refractivity contribution in [3.8, 4) is 0 Å².